The number of hydrogen-bond acceptors (Lipinski definition) is 4. The van der Waals surface area contributed by atoms with E-state index in [2.05, 4.69) is 27.5 Å². The largest absolute Gasteiger partial charge is 0.497 e. The zero-order valence-electron chi connectivity index (χ0n) is 15.2. The van der Waals surface area contributed by atoms with Crippen LogP contribution < -0.4 is 10.1 Å². The van der Waals surface area contributed by atoms with E-state index in [1.165, 1.54) is 0 Å². The summed E-state index contributed by atoms with van der Waals surface area (Å²) in [7, 11) is 1.64. The molecule has 3 rings (SSSR count). The van der Waals surface area contributed by atoms with E-state index in [4.69, 9.17) is 4.74 Å². The van der Waals surface area contributed by atoms with Gasteiger partial charge in [0.25, 0.3) is 5.91 Å². The van der Waals surface area contributed by atoms with E-state index in [9.17, 15) is 4.79 Å². The molecule has 1 aromatic carbocycles. The molecule has 2 heterocycles. The number of carbonyl (C=O) groups excluding carboxylic acids is 1. The minimum Gasteiger partial charge on any atom is -0.497 e. The van der Waals surface area contributed by atoms with Crippen LogP contribution in [-0.4, -0.2) is 33.0 Å². The predicted octanol–water partition coefficient (Wildman–Crippen LogP) is 2.93. The molecule has 0 aliphatic carbocycles. The highest BCUT2D eigenvalue weighted by atomic mass is 16.5. The van der Waals surface area contributed by atoms with Gasteiger partial charge in [0.1, 0.15) is 5.75 Å². The number of aromatic amines is 1. The van der Waals surface area contributed by atoms with Gasteiger partial charge in [-0.25, -0.2) is 0 Å². The number of H-pyrrole nitrogens is 1. The van der Waals surface area contributed by atoms with Crippen molar-refractivity contribution in [1.82, 2.24) is 25.3 Å². The van der Waals surface area contributed by atoms with Crippen molar-refractivity contribution in [2.24, 2.45) is 0 Å². The zero-order chi connectivity index (χ0) is 18.5. The second-order valence-electron chi connectivity index (χ2n) is 6.07. The summed E-state index contributed by atoms with van der Waals surface area (Å²) in [5, 5.41) is 14.4. The summed E-state index contributed by atoms with van der Waals surface area (Å²) in [6, 6.07) is 7.70. The topological polar surface area (TPSA) is 84.8 Å². The highest BCUT2D eigenvalue weighted by Crippen LogP contribution is 2.23. The molecule has 0 fully saturated rings. The Morgan fingerprint density at radius 1 is 1.31 bits per heavy atom. The molecular formula is C19H23N5O2. The van der Waals surface area contributed by atoms with E-state index >= 15 is 0 Å². The SMILES string of the molecule is CCCn1cc(C(=O)NCc2cn[nH]c2-c2ccc(OC)cc2)c(C)n1. The standard InChI is InChI=1S/C19H23N5O2/c1-4-9-24-12-17(13(2)23-24)19(25)20-10-15-11-21-22-18(15)14-5-7-16(26-3)8-6-14/h5-8,11-12H,4,9-10H2,1-3H3,(H,20,25)(H,21,22). The fourth-order valence-electron chi connectivity index (χ4n) is 2.81. The fraction of sp³-hybridized carbons (Fsp3) is 0.316. The van der Waals surface area contributed by atoms with Crippen molar-refractivity contribution in [2.75, 3.05) is 7.11 Å². The monoisotopic (exact) mass is 353 g/mol. The van der Waals surface area contributed by atoms with Crippen molar-refractivity contribution in [3.63, 3.8) is 0 Å². The molecule has 7 nitrogen and oxygen atoms in total. The number of aromatic nitrogens is 4. The number of ether oxygens (including phenoxy) is 1. The average Bonchev–Trinajstić information content (AvgIpc) is 3.26. The average molecular weight is 353 g/mol. The van der Waals surface area contributed by atoms with Crippen LogP contribution in [0.15, 0.2) is 36.7 Å². The molecule has 0 bridgehead atoms. The van der Waals surface area contributed by atoms with Crippen LogP contribution in [0, 0.1) is 6.92 Å². The summed E-state index contributed by atoms with van der Waals surface area (Å²) >= 11 is 0. The molecular weight excluding hydrogens is 330 g/mol. The number of rotatable bonds is 7. The maximum absolute atomic E-state index is 12.5. The van der Waals surface area contributed by atoms with Crippen LogP contribution in [-0.2, 0) is 13.1 Å². The molecule has 0 radical (unpaired) electrons. The van der Waals surface area contributed by atoms with Crippen molar-refractivity contribution in [1.29, 1.82) is 0 Å². The van der Waals surface area contributed by atoms with Crippen molar-refractivity contribution in [3.8, 4) is 17.0 Å². The summed E-state index contributed by atoms with van der Waals surface area (Å²) in [4.78, 5) is 12.5. The third-order valence-corrected chi connectivity index (χ3v) is 4.18. The molecule has 0 spiro atoms. The van der Waals surface area contributed by atoms with E-state index in [0.29, 0.717) is 12.1 Å². The Balaban J connectivity index is 1.70. The molecule has 0 saturated carbocycles. The summed E-state index contributed by atoms with van der Waals surface area (Å²) in [6.45, 7) is 5.12. The number of amides is 1. The number of aryl methyl sites for hydroxylation is 2. The summed E-state index contributed by atoms with van der Waals surface area (Å²) in [5.74, 6) is 0.661. The minimum atomic E-state index is -0.133. The molecule has 1 amide bonds. The van der Waals surface area contributed by atoms with Crippen LogP contribution in [0.5, 0.6) is 5.75 Å². The van der Waals surface area contributed by atoms with Crippen molar-refractivity contribution < 1.29 is 9.53 Å². The first kappa shape index (κ1) is 17.7. The lowest BCUT2D eigenvalue weighted by atomic mass is 10.1. The van der Waals surface area contributed by atoms with E-state index in [0.717, 1.165) is 41.2 Å². The van der Waals surface area contributed by atoms with Gasteiger partial charge in [0, 0.05) is 30.4 Å². The van der Waals surface area contributed by atoms with Crippen molar-refractivity contribution in [2.45, 2.75) is 33.4 Å². The maximum Gasteiger partial charge on any atom is 0.255 e. The van der Waals surface area contributed by atoms with Crippen LogP contribution in [0.3, 0.4) is 0 Å². The number of methoxy groups -OCH3 is 1. The second-order valence-corrected chi connectivity index (χ2v) is 6.07. The van der Waals surface area contributed by atoms with Gasteiger partial charge in [-0.1, -0.05) is 6.92 Å². The Hall–Kier alpha value is -3.09. The fourth-order valence-corrected chi connectivity index (χ4v) is 2.81. The molecule has 0 saturated heterocycles. The molecule has 7 heteroatoms. The Bertz CT molecular complexity index is 880. The summed E-state index contributed by atoms with van der Waals surface area (Å²) in [5.41, 5.74) is 4.12. The lowest BCUT2D eigenvalue weighted by Crippen LogP contribution is -2.23. The number of hydrogen-bond donors (Lipinski definition) is 2. The Morgan fingerprint density at radius 3 is 2.77 bits per heavy atom. The van der Waals surface area contributed by atoms with Crippen LogP contribution in [0.25, 0.3) is 11.3 Å². The molecule has 0 atom stereocenters. The van der Waals surface area contributed by atoms with Gasteiger partial charge in [-0.05, 0) is 37.6 Å². The van der Waals surface area contributed by atoms with E-state index < -0.39 is 0 Å². The molecule has 0 aliphatic rings. The molecule has 0 aliphatic heterocycles. The van der Waals surface area contributed by atoms with Gasteiger partial charge in [0.05, 0.1) is 30.3 Å². The molecule has 2 N–H and O–H groups in total. The van der Waals surface area contributed by atoms with Gasteiger partial charge in [-0.3, -0.25) is 14.6 Å². The Morgan fingerprint density at radius 2 is 2.08 bits per heavy atom. The van der Waals surface area contributed by atoms with Gasteiger partial charge in [-0.2, -0.15) is 10.2 Å². The number of nitrogens with zero attached hydrogens (tertiary/aromatic N) is 3. The minimum absolute atomic E-state index is 0.133. The number of carbonyl (C=O) groups is 1. The van der Waals surface area contributed by atoms with Gasteiger partial charge < -0.3 is 10.1 Å². The second kappa shape index (κ2) is 7.86. The lowest BCUT2D eigenvalue weighted by molar-refractivity contribution is 0.0950. The van der Waals surface area contributed by atoms with Gasteiger partial charge in [0.2, 0.25) is 0 Å². The molecule has 0 unspecified atom stereocenters. The summed E-state index contributed by atoms with van der Waals surface area (Å²) in [6.07, 6.45) is 4.50. The third kappa shape index (κ3) is 3.77. The first-order chi connectivity index (χ1) is 12.6. The first-order valence-corrected chi connectivity index (χ1v) is 8.61. The predicted molar refractivity (Wildman–Crippen MR) is 99.0 cm³/mol. The van der Waals surface area contributed by atoms with Crippen LogP contribution >= 0.6 is 0 Å². The first-order valence-electron chi connectivity index (χ1n) is 8.61. The smallest absolute Gasteiger partial charge is 0.255 e. The Kier molecular flexibility index (Phi) is 5.36. The quantitative estimate of drug-likeness (QED) is 0.684. The molecule has 136 valence electrons. The zero-order valence-corrected chi connectivity index (χ0v) is 15.2. The van der Waals surface area contributed by atoms with Crippen LogP contribution in [0.2, 0.25) is 0 Å². The van der Waals surface area contributed by atoms with Crippen LogP contribution in [0.1, 0.15) is 35.0 Å². The third-order valence-electron chi connectivity index (χ3n) is 4.18. The normalized spacial score (nSPS) is 10.7. The van der Waals surface area contributed by atoms with Crippen molar-refractivity contribution in [3.05, 3.63) is 53.5 Å². The van der Waals surface area contributed by atoms with Gasteiger partial charge >= 0.3 is 0 Å². The number of nitrogens with one attached hydrogen (secondary N) is 2. The maximum atomic E-state index is 12.5. The molecule has 2 aromatic heterocycles. The van der Waals surface area contributed by atoms with E-state index in [1.54, 1.807) is 19.5 Å². The van der Waals surface area contributed by atoms with Gasteiger partial charge in [0.15, 0.2) is 0 Å². The van der Waals surface area contributed by atoms with E-state index in [-0.39, 0.29) is 5.91 Å². The van der Waals surface area contributed by atoms with E-state index in [1.807, 2.05) is 35.9 Å². The van der Waals surface area contributed by atoms with Crippen LogP contribution in [0.4, 0.5) is 0 Å². The van der Waals surface area contributed by atoms with Gasteiger partial charge in [-0.15, -0.1) is 0 Å². The molecule has 26 heavy (non-hydrogen) atoms. The van der Waals surface area contributed by atoms with Crippen molar-refractivity contribution >= 4 is 5.91 Å². The number of benzene rings is 1. The molecule has 3 aromatic rings. The highest BCUT2D eigenvalue weighted by molar-refractivity contribution is 5.95. The Labute approximate surface area is 152 Å². The summed E-state index contributed by atoms with van der Waals surface area (Å²) < 4.78 is 6.99. The lowest BCUT2D eigenvalue weighted by Gasteiger charge is -2.06. The highest BCUT2D eigenvalue weighted by Gasteiger charge is 2.15.